The van der Waals surface area contributed by atoms with Crippen LogP contribution in [-0.4, -0.2) is 87.6 Å². The molecule has 45 heavy (non-hydrogen) atoms. The van der Waals surface area contributed by atoms with Gasteiger partial charge in [-0.2, -0.15) is 0 Å². The summed E-state index contributed by atoms with van der Waals surface area (Å²) in [6.45, 7) is 6.88. The van der Waals surface area contributed by atoms with E-state index in [-0.39, 0.29) is 30.1 Å². The van der Waals surface area contributed by atoms with Crippen LogP contribution in [0.4, 0.5) is 16.4 Å². The van der Waals surface area contributed by atoms with Crippen molar-refractivity contribution < 1.29 is 14.3 Å². The fraction of sp³-hybridized carbons (Fsp3) is 0.486. The molecule has 3 aliphatic heterocycles. The first kappa shape index (κ1) is 29.7. The first-order valence-corrected chi connectivity index (χ1v) is 16.5. The van der Waals surface area contributed by atoms with E-state index < -0.39 is 0 Å². The fourth-order valence-corrected chi connectivity index (χ4v) is 6.92. The number of nitrogens with one attached hydrogen (secondary N) is 2. The highest BCUT2D eigenvalue weighted by molar-refractivity contribution is 5.95. The maximum Gasteiger partial charge on any atom is 0.321 e. The van der Waals surface area contributed by atoms with Gasteiger partial charge in [-0.3, -0.25) is 9.69 Å². The molecule has 4 fully saturated rings. The lowest BCUT2D eigenvalue weighted by molar-refractivity contribution is 0.0493. The minimum Gasteiger partial charge on any atom is -0.381 e. The molecule has 10 nitrogen and oxygen atoms in total. The van der Waals surface area contributed by atoms with Gasteiger partial charge in [0, 0.05) is 86.2 Å². The molecule has 2 aromatic carbocycles. The topological polar surface area (TPSA) is 103 Å². The Morgan fingerprint density at radius 2 is 1.67 bits per heavy atom. The molecule has 10 heteroatoms. The lowest BCUT2D eigenvalue weighted by Gasteiger charge is -2.39. The molecule has 1 saturated carbocycles. The number of urea groups is 1. The second-order valence-electron chi connectivity index (χ2n) is 12.9. The van der Waals surface area contributed by atoms with Crippen LogP contribution in [0.2, 0.25) is 0 Å². The summed E-state index contributed by atoms with van der Waals surface area (Å²) in [5.74, 6) is 0.517. The van der Waals surface area contributed by atoms with Crippen molar-refractivity contribution in [2.75, 3.05) is 38.2 Å². The SMILES string of the molecule is Cc1nc(Nc2ccc(C(=O)NC3CC3)cc2)ncc1CN1CCC(N2C(=O)N(C3CCOCC3)C[C@H]2c2ccccc2)CC1. The van der Waals surface area contributed by atoms with Gasteiger partial charge in [0.05, 0.1) is 6.04 Å². The van der Waals surface area contributed by atoms with Crippen LogP contribution in [-0.2, 0) is 11.3 Å². The van der Waals surface area contributed by atoms with Crippen molar-refractivity contribution in [3.05, 3.63) is 83.2 Å². The highest BCUT2D eigenvalue weighted by atomic mass is 16.5. The molecular weight excluding hydrogens is 566 g/mol. The Labute approximate surface area is 265 Å². The number of anilines is 2. The fourth-order valence-electron chi connectivity index (χ4n) is 6.92. The molecule has 3 aromatic rings. The Hall–Kier alpha value is -4.02. The number of rotatable bonds is 9. The van der Waals surface area contributed by atoms with Crippen molar-refractivity contribution in [2.24, 2.45) is 0 Å². The number of carbonyl (C=O) groups excluding carboxylic acids is 2. The number of aryl methyl sites for hydroxylation is 1. The zero-order chi connectivity index (χ0) is 30.8. The standard InChI is InChI=1S/C35H43N7O3/c1-24-27(21-36-34(37-24)39-29-9-7-26(8-10-29)33(43)38-28-11-12-28)22-40-17-13-31(14-18-40)42-32(25-5-3-2-4-6-25)23-41(35(42)44)30-15-19-45-20-16-30/h2-10,21,28,30-32H,11-20,22-23H2,1H3,(H,38,43)(H,36,37,39)/t32-/m0/s1. The molecule has 1 aliphatic carbocycles. The van der Waals surface area contributed by atoms with Gasteiger partial charge in [-0.05, 0) is 75.3 Å². The summed E-state index contributed by atoms with van der Waals surface area (Å²) < 4.78 is 5.59. The number of ether oxygens (including phenoxy) is 1. The number of aromatic nitrogens is 2. The summed E-state index contributed by atoms with van der Waals surface area (Å²) in [5, 5.41) is 6.28. The zero-order valence-corrected chi connectivity index (χ0v) is 26.0. The van der Waals surface area contributed by atoms with Gasteiger partial charge in [0.15, 0.2) is 0 Å². The number of piperidine rings is 1. The quantitative estimate of drug-likeness (QED) is 0.350. The van der Waals surface area contributed by atoms with E-state index in [1.807, 2.05) is 43.5 Å². The number of benzene rings is 2. The normalized spacial score (nSPS) is 21.7. The molecule has 1 atom stereocenters. The van der Waals surface area contributed by atoms with Gasteiger partial charge in [0.2, 0.25) is 5.95 Å². The average Bonchev–Trinajstić information content (AvgIpc) is 3.83. The summed E-state index contributed by atoms with van der Waals surface area (Å²) >= 11 is 0. The van der Waals surface area contributed by atoms with Gasteiger partial charge in [-0.1, -0.05) is 30.3 Å². The number of likely N-dealkylation sites (tertiary alicyclic amines) is 1. The lowest BCUT2D eigenvalue weighted by Crippen LogP contribution is -2.48. The molecule has 4 aliphatic rings. The van der Waals surface area contributed by atoms with Gasteiger partial charge < -0.3 is 25.2 Å². The van der Waals surface area contributed by atoms with Crippen molar-refractivity contribution in [3.63, 3.8) is 0 Å². The summed E-state index contributed by atoms with van der Waals surface area (Å²) in [6, 6.07) is 19.1. The van der Waals surface area contributed by atoms with E-state index in [0.29, 0.717) is 17.6 Å². The number of amides is 3. The summed E-state index contributed by atoms with van der Waals surface area (Å²) in [6.07, 6.45) is 7.79. The average molecular weight is 610 g/mol. The minimum absolute atomic E-state index is 0.0236. The minimum atomic E-state index is -0.0236. The van der Waals surface area contributed by atoms with E-state index in [1.54, 1.807) is 0 Å². The number of carbonyl (C=O) groups is 2. The molecular formula is C35H43N7O3. The largest absolute Gasteiger partial charge is 0.381 e. The molecule has 0 radical (unpaired) electrons. The molecule has 236 valence electrons. The number of hydrogen-bond acceptors (Lipinski definition) is 7. The number of hydrogen-bond donors (Lipinski definition) is 2. The van der Waals surface area contributed by atoms with E-state index in [9.17, 15) is 9.59 Å². The van der Waals surface area contributed by atoms with Crippen LogP contribution < -0.4 is 10.6 Å². The Morgan fingerprint density at radius 3 is 2.36 bits per heavy atom. The summed E-state index contributed by atoms with van der Waals surface area (Å²) in [7, 11) is 0. The van der Waals surface area contributed by atoms with E-state index in [2.05, 4.69) is 54.6 Å². The van der Waals surface area contributed by atoms with Crippen LogP contribution in [0, 0.1) is 6.92 Å². The highest BCUT2D eigenvalue weighted by Gasteiger charge is 2.45. The highest BCUT2D eigenvalue weighted by Crippen LogP contribution is 2.37. The van der Waals surface area contributed by atoms with Gasteiger partial charge in [-0.25, -0.2) is 14.8 Å². The van der Waals surface area contributed by atoms with Gasteiger partial charge in [0.25, 0.3) is 5.91 Å². The summed E-state index contributed by atoms with van der Waals surface area (Å²) in [5.41, 5.74) is 4.77. The van der Waals surface area contributed by atoms with Crippen molar-refractivity contribution in [1.29, 1.82) is 0 Å². The van der Waals surface area contributed by atoms with Gasteiger partial charge in [0.1, 0.15) is 0 Å². The maximum absolute atomic E-state index is 13.9. The molecule has 0 unspecified atom stereocenters. The molecule has 1 aromatic heterocycles. The van der Waals surface area contributed by atoms with Crippen LogP contribution in [0.1, 0.15) is 71.7 Å². The molecule has 0 bridgehead atoms. The summed E-state index contributed by atoms with van der Waals surface area (Å²) in [4.78, 5) is 42.3. The zero-order valence-electron chi connectivity index (χ0n) is 26.0. The Morgan fingerprint density at radius 1 is 0.933 bits per heavy atom. The third-order valence-corrected chi connectivity index (χ3v) is 9.73. The van der Waals surface area contributed by atoms with Gasteiger partial charge in [-0.15, -0.1) is 0 Å². The second kappa shape index (κ2) is 13.1. The van der Waals surface area contributed by atoms with Crippen molar-refractivity contribution in [3.8, 4) is 0 Å². The Bertz CT molecular complexity index is 1480. The maximum atomic E-state index is 13.9. The first-order valence-electron chi connectivity index (χ1n) is 16.5. The van der Waals surface area contributed by atoms with Crippen molar-refractivity contribution in [2.45, 2.75) is 76.2 Å². The molecule has 0 spiro atoms. The molecule has 3 amide bonds. The van der Waals surface area contributed by atoms with E-state index in [1.165, 1.54) is 5.56 Å². The third kappa shape index (κ3) is 6.82. The molecule has 3 saturated heterocycles. The molecule has 2 N–H and O–H groups in total. The van der Waals surface area contributed by atoms with Crippen LogP contribution >= 0.6 is 0 Å². The van der Waals surface area contributed by atoms with Crippen molar-refractivity contribution in [1.82, 2.24) is 30.0 Å². The lowest BCUT2D eigenvalue weighted by atomic mass is 9.98. The van der Waals surface area contributed by atoms with Crippen LogP contribution in [0.3, 0.4) is 0 Å². The van der Waals surface area contributed by atoms with E-state index in [0.717, 1.165) is 94.9 Å². The van der Waals surface area contributed by atoms with Crippen LogP contribution in [0.25, 0.3) is 0 Å². The predicted octanol–water partition coefficient (Wildman–Crippen LogP) is 5.04. The first-order chi connectivity index (χ1) is 22.0. The van der Waals surface area contributed by atoms with Crippen LogP contribution in [0.15, 0.2) is 60.8 Å². The molecule has 7 rings (SSSR count). The molecule has 4 heterocycles. The van der Waals surface area contributed by atoms with Gasteiger partial charge >= 0.3 is 6.03 Å². The Kier molecular flexibility index (Phi) is 8.67. The smallest absolute Gasteiger partial charge is 0.321 e. The Balaban J connectivity index is 0.956. The monoisotopic (exact) mass is 609 g/mol. The second-order valence-corrected chi connectivity index (χ2v) is 12.9. The van der Waals surface area contributed by atoms with E-state index in [4.69, 9.17) is 9.72 Å². The van der Waals surface area contributed by atoms with E-state index >= 15 is 0 Å². The number of nitrogens with zero attached hydrogens (tertiary/aromatic N) is 5. The predicted molar refractivity (Wildman–Crippen MR) is 172 cm³/mol. The third-order valence-electron chi connectivity index (χ3n) is 9.73. The van der Waals surface area contributed by atoms with Crippen molar-refractivity contribution >= 4 is 23.6 Å². The van der Waals surface area contributed by atoms with Crippen LogP contribution in [0.5, 0.6) is 0 Å².